The van der Waals surface area contributed by atoms with Crippen LogP contribution in [0.5, 0.6) is 0 Å². The first-order valence-corrected chi connectivity index (χ1v) is 19.4. The number of rotatable bonds is 5. The molecule has 3 nitrogen and oxygen atoms in total. The van der Waals surface area contributed by atoms with E-state index in [9.17, 15) is 0 Å². The first kappa shape index (κ1) is 29.4. The number of aromatic nitrogens is 1. The van der Waals surface area contributed by atoms with Crippen LogP contribution in [-0.4, -0.2) is 13.1 Å². The third kappa shape index (κ3) is 4.54. The van der Waals surface area contributed by atoms with Crippen LogP contribution in [-0.2, 0) is 0 Å². The van der Waals surface area contributed by atoms with Crippen molar-refractivity contribution in [1.29, 1.82) is 0 Å². The molecular formula is C47H32N2OSi. The molecule has 3 heterocycles. The van der Waals surface area contributed by atoms with Gasteiger partial charge in [0.05, 0.1) is 0 Å². The fourth-order valence-corrected chi connectivity index (χ4v) is 13.2. The zero-order valence-electron chi connectivity index (χ0n) is 27.8. The van der Waals surface area contributed by atoms with Crippen molar-refractivity contribution in [2.24, 2.45) is 0 Å². The number of para-hydroxylation sites is 3. The van der Waals surface area contributed by atoms with Crippen molar-refractivity contribution in [2.75, 3.05) is 4.90 Å². The number of nitrogens with zero attached hydrogens (tertiary/aromatic N) is 2. The Morgan fingerprint density at radius 2 is 1.12 bits per heavy atom. The number of hydrogen-bond acceptors (Lipinski definition) is 3. The second kappa shape index (κ2) is 11.8. The maximum absolute atomic E-state index is 6.39. The fraction of sp³-hybridized carbons (Fsp3) is 0. The van der Waals surface area contributed by atoms with Crippen LogP contribution in [0.3, 0.4) is 0 Å². The summed E-state index contributed by atoms with van der Waals surface area (Å²) in [6, 6.07) is 67.8. The van der Waals surface area contributed by atoms with Crippen molar-refractivity contribution >= 4 is 68.0 Å². The van der Waals surface area contributed by atoms with Gasteiger partial charge in [-0.3, -0.25) is 4.90 Å². The van der Waals surface area contributed by atoms with Crippen LogP contribution in [0.25, 0.3) is 44.2 Å². The average Bonchev–Trinajstić information content (AvgIpc) is 3.60. The largest absolute Gasteiger partial charge is 0.455 e. The smallest absolute Gasteiger partial charge is 0.186 e. The summed E-state index contributed by atoms with van der Waals surface area (Å²) in [5.41, 5.74) is 8.63. The lowest BCUT2D eigenvalue weighted by Gasteiger charge is -2.44. The number of anilines is 3. The Bertz CT molecular complexity index is 2610. The zero-order valence-corrected chi connectivity index (χ0v) is 28.8. The highest BCUT2D eigenvalue weighted by molar-refractivity contribution is 7.21. The molecule has 1 aliphatic heterocycles. The van der Waals surface area contributed by atoms with Gasteiger partial charge in [0, 0.05) is 33.9 Å². The van der Waals surface area contributed by atoms with Gasteiger partial charge in [0.2, 0.25) is 0 Å². The van der Waals surface area contributed by atoms with Gasteiger partial charge in [-0.2, -0.15) is 0 Å². The third-order valence-electron chi connectivity index (χ3n) is 10.4. The molecule has 0 spiro atoms. The molecule has 10 rings (SSSR count). The van der Waals surface area contributed by atoms with Crippen LogP contribution in [0, 0.1) is 0 Å². The van der Waals surface area contributed by atoms with Gasteiger partial charge in [-0.1, -0.05) is 152 Å². The minimum atomic E-state index is -2.70. The summed E-state index contributed by atoms with van der Waals surface area (Å²) < 4.78 is 6.39. The molecule has 0 amide bonds. The van der Waals surface area contributed by atoms with Crippen LogP contribution in [0.1, 0.15) is 0 Å². The molecule has 0 aliphatic carbocycles. The van der Waals surface area contributed by atoms with E-state index in [1.54, 1.807) is 0 Å². The lowest BCUT2D eigenvalue weighted by atomic mass is 9.97. The zero-order chi connectivity index (χ0) is 33.8. The summed E-state index contributed by atoms with van der Waals surface area (Å²) in [5, 5.41) is 7.64. The number of furan rings is 1. The minimum absolute atomic E-state index is 0.912. The molecule has 4 heteroatoms. The molecule has 0 atom stereocenters. The van der Waals surface area contributed by atoms with Crippen LogP contribution in [0.15, 0.2) is 199 Å². The molecular weight excluding hydrogens is 637 g/mol. The highest BCUT2D eigenvalue weighted by Crippen LogP contribution is 2.39. The number of pyridine rings is 1. The van der Waals surface area contributed by atoms with Gasteiger partial charge in [-0.05, 0) is 73.8 Å². The first-order chi connectivity index (χ1) is 25.3. The Labute approximate surface area is 297 Å². The summed E-state index contributed by atoms with van der Waals surface area (Å²) in [6.07, 6.45) is 1.93. The molecule has 1 aliphatic rings. The van der Waals surface area contributed by atoms with E-state index in [4.69, 9.17) is 9.40 Å². The Morgan fingerprint density at radius 3 is 1.92 bits per heavy atom. The van der Waals surface area contributed by atoms with Gasteiger partial charge in [-0.25, -0.2) is 4.98 Å². The van der Waals surface area contributed by atoms with Crippen LogP contribution < -0.4 is 25.6 Å². The Morgan fingerprint density at radius 1 is 0.471 bits per heavy atom. The van der Waals surface area contributed by atoms with Gasteiger partial charge in [0.1, 0.15) is 17.0 Å². The average molecular weight is 669 g/mol. The van der Waals surface area contributed by atoms with Crippen molar-refractivity contribution in [3.63, 3.8) is 0 Å². The summed E-state index contributed by atoms with van der Waals surface area (Å²) in [5.74, 6) is 0.990. The summed E-state index contributed by atoms with van der Waals surface area (Å²) in [7, 11) is -2.70. The molecule has 0 fully saturated rings. The highest BCUT2D eigenvalue weighted by Gasteiger charge is 2.49. The maximum Gasteiger partial charge on any atom is 0.186 e. The second-order valence-electron chi connectivity index (χ2n) is 13.1. The van der Waals surface area contributed by atoms with Crippen LogP contribution in [0.4, 0.5) is 17.2 Å². The molecule has 7 aromatic carbocycles. The standard InChI is InChI=1S/C47H32N2OSi/c1-3-16-37(17-4-1)51(38-18-5-2-6-19-38)44-25-10-8-23-42(44)49(47-45(51)26-13-31-48-47)36-29-27-33(28-30-36)34-14-11-15-35(32-34)39-21-12-22-41-40-20-7-9-24-43(40)50-46(39)41/h1-32H. The van der Waals surface area contributed by atoms with Crippen molar-refractivity contribution < 1.29 is 4.42 Å². The lowest BCUT2D eigenvalue weighted by Crippen LogP contribution is -2.77. The van der Waals surface area contributed by atoms with E-state index in [-0.39, 0.29) is 0 Å². The van der Waals surface area contributed by atoms with E-state index in [0.717, 1.165) is 55.7 Å². The predicted octanol–water partition coefficient (Wildman–Crippen LogP) is 9.48. The lowest BCUT2D eigenvalue weighted by molar-refractivity contribution is 0.670. The molecule has 0 saturated heterocycles. The number of benzene rings is 7. The van der Waals surface area contributed by atoms with E-state index in [2.05, 4.69) is 181 Å². The molecule has 240 valence electrons. The molecule has 9 aromatic rings. The van der Waals surface area contributed by atoms with E-state index in [1.807, 2.05) is 18.3 Å². The fourth-order valence-electron chi connectivity index (χ4n) is 8.18. The molecule has 0 saturated carbocycles. The van der Waals surface area contributed by atoms with E-state index in [0.29, 0.717) is 0 Å². The second-order valence-corrected chi connectivity index (χ2v) is 16.8. The maximum atomic E-state index is 6.39. The SMILES string of the molecule is c1ccc([Si]2(c3ccccc3)c3ccccc3N(c3ccc(-c4cccc(-c5cccc6c5oc5ccccc56)c4)cc3)c3ncccc32)cc1. The molecule has 0 bridgehead atoms. The van der Waals surface area contributed by atoms with Gasteiger partial charge < -0.3 is 4.42 Å². The number of hydrogen-bond donors (Lipinski definition) is 0. The summed E-state index contributed by atoms with van der Waals surface area (Å²) in [4.78, 5) is 7.49. The van der Waals surface area contributed by atoms with E-state index < -0.39 is 8.07 Å². The normalized spacial score (nSPS) is 13.2. The highest BCUT2D eigenvalue weighted by atomic mass is 28.3. The van der Waals surface area contributed by atoms with Gasteiger partial charge in [0.15, 0.2) is 8.07 Å². The topological polar surface area (TPSA) is 29.3 Å². The summed E-state index contributed by atoms with van der Waals surface area (Å²) >= 11 is 0. The van der Waals surface area contributed by atoms with Gasteiger partial charge in [0.25, 0.3) is 0 Å². The van der Waals surface area contributed by atoms with Gasteiger partial charge >= 0.3 is 0 Å². The van der Waals surface area contributed by atoms with E-state index >= 15 is 0 Å². The molecule has 51 heavy (non-hydrogen) atoms. The molecule has 0 N–H and O–H groups in total. The summed E-state index contributed by atoms with van der Waals surface area (Å²) in [6.45, 7) is 0. The molecule has 0 unspecified atom stereocenters. The first-order valence-electron chi connectivity index (χ1n) is 17.4. The van der Waals surface area contributed by atoms with Crippen LogP contribution >= 0.6 is 0 Å². The molecule has 2 aromatic heterocycles. The minimum Gasteiger partial charge on any atom is -0.455 e. The Hall–Kier alpha value is -6.49. The van der Waals surface area contributed by atoms with Gasteiger partial charge in [-0.15, -0.1) is 0 Å². The quantitative estimate of drug-likeness (QED) is 0.171. The Kier molecular flexibility index (Phi) is 6.83. The number of fused-ring (bicyclic) bond motifs is 5. The van der Waals surface area contributed by atoms with Crippen molar-refractivity contribution in [3.05, 3.63) is 194 Å². The molecule has 0 radical (unpaired) electrons. The predicted molar refractivity (Wildman–Crippen MR) is 214 cm³/mol. The van der Waals surface area contributed by atoms with Crippen molar-refractivity contribution in [3.8, 4) is 22.3 Å². The monoisotopic (exact) mass is 668 g/mol. The van der Waals surface area contributed by atoms with Crippen molar-refractivity contribution in [1.82, 2.24) is 4.98 Å². The Balaban J connectivity index is 1.09. The van der Waals surface area contributed by atoms with E-state index in [1.165, 1.54) is 26.4 Å². The van der Waals surface area contributed by atoms with Crippen molar-refractivity contribution in [2.45, 2.75) is 0 Å². The van der Waals surface area contributed by atoms with Crippen LogP contribution in [0.2, 0.25) is 0 Å². The third-order valence-corrected chi connectivity index (χ3v) is 15.2.